The Morgan fingerprint density at radius 2 is 1.42 bits per heavy atom. The van der Waals surface area contributed by atoms with Gasteiger partial charge in [0.1, 0.15) is 5.56 Å². The lowest BCUT2D eigenvalue weighted by Crippen LogP contribution is -2.26. The summed E-state index contributed by atoms with van der Waals surface area (Å²) in [4.78, 5) is 26.3. The molecule has 0 aliphatic rings. The number of carbonyl (C=O) groups excluding carboxylic acids is 1. The molecule has 1 heterocycles. The highest BCUT2D eigenvalue weighted by Crippen LogP contribution is 2.32. The molecule has 0 aliphatic carbocycles. The van der Waals surface area contributed by atoms with Crippen molar-refractivity contribution in [3.05, 3.63) is 106 Å². The zero-order valence-electron chi connectivity index (χ0n) is 17.4. The van der Waals surface area contributed by atoms with Crippen LogP contribution in [0.3, 0.4) is 0 Å². The molecule has 3 aromatic carbocycles. The fourth-order valence-corrected chi connectivity index (χ4v) is 3.66. The van der Waals surface area contributed by atoms with Gasteiger partial charge in [-0.05, 0) is 23.1 Å². The Kier molecular flexibility index (Phi) is 5.76. The summed E-state index contributed by atoms with van der Waals surface area (Å²) in [5, 5.41) is 9.77. The van der Waals surface area contributed by atoms with Gasteiger partial charge in [-0.2, -0.15) is 5.10 Å². The van der Waals surface area contributed by atoms with Gasteiger partial charge in [0.25, 0.3) is 11.5 Å². The molecule has 0 saturated carbocycles. The fourth-order valence-electron chi connectivity index (χ4n) is 3.66. The number of benzene rings is 3. The van der Waals surface area contributed by atoms with E-state index in [1.54, 1.807) is 0 Å². The molecular formula is C26H23N3O2. The van der Waals surface area contributed by atoms with E-state index in [-0.39, 0.29) is 11.5 Å². The quantitative estimate of drug-likeness (QED) is 0.458. The second kappa shape index (κ2) is 8.79. The van der Waals surface area contributed by atoms with Crippen molar-refractivity contribution in [2.24, 2.45) is 0 Å². The summed E-state index contributed by atoms with van der Waals surface area (Å²) in [6, 6.07) is 26.5. The van der Waals surface area contributed by atoms with Gasteiger partial charge < -0.3 is 5.32 Å². The number of carbonyl (C=O) groups is 1. The molecule has 31 heavy (non-hydrogen) atoms. The first-order valence-corrected chi connectivity index (χ1v) is 10.2. The Morgan fingerprint density at radius 1 is 0.839 bits per heavy atom. The average molecular weight is 409 g/mol. The SMILES string of the molecule is CC(C)c1ccccc1NC(=O)c1c(-c2ccccc2)c(-c2ccccc2)n[nH]c1=O. The molecule has 0 fully saturated rings. The van der Waals surface area contributed by atoms with Crippen molar-refractivity contribution >= 4 is 11.6 Å². The molecule has 0 spiro atoms. The molecule has 0 bridgehead atoms. The van der Waals surface area contributed by atoms with Crippen molar-refractivity contribution in [1.82, 2.24) is 10.2 Å². The normalized spacial score (nSPS) is 10.8. The molecule has 1 aromatic heterocycles. The fraction of sp³-hybridized carbons (Fsp3) is 0.115. The van der Waals surface area contributed by atoms with Crippen molar-refractivity contribution in [3.63, 3.8) is 0 Å². The first-order valence-electron chi connectivity index (χ1n) is 10.2. The molecule has 0 aliphatic heterocycles. The smallest absolute Gasteiger partial charge is 0.277 e. The molecule has 4 rings (SSSR count). The summed E-state index contributed by atoms with van der Waals surface area (Å²) in [5.74, 6) is -0.242. The van der Waals surface area contributed by atoms with Crippen molar-refractivity contribution in [1.29, 1.82) is 0 Å². The average Bonchev–Trinajstić information content (AvgIpc) is 2.80. The molecule has 5 nitrogen and oxygen atoms in total. The van der Waals surface area contributed by atoms with Crippen LogP contribution in [-0.2, 0) is 0 Å². The summed E-state index contributed by atoms with van der Waals surface area (Å²) in [7, 11) is 0. The summed E-state index contributed by atoms with van der Waals surface area (Å²) in [5.41, 5.74) is 3.83. The van der Waals surface area contributed by atoms with Gasteiger partial charge in [-0.3, -0.25) is 9.59 Å². The molecule has 0 unspecified atom stereocenters. The number of aromatic amines is 1. The van der Waals surface area contributed by atoms with E-state index in [1.165, 1.54) is 0 Å². The third kappa shape index (κ3) is 4.16. The second-order valence-electron chi connectivity index (χ2n) is 7.58. The van der Waals surface area contributed by atoms with E-state index < -0.39 is 11.5 Å². The monoisotopic (exact) mass is 409 g/mol. The Morgan fingerprint density at radius 3 is 2.06 bits per heavy atom. The van der Waals surface area contributed by atoms with Crippen LogP contribution in [0.2, 0.25) is 0 Å². The molecule has 154 valence electrons. The van der Waals surface area contributed by atoms with Crippen LogP contribution in [0, 0.1) is 0 Å². The van der Waals surface area contributed by atoms with Crippen LogP contribution in [0.4, 0.5) is 5.69 Å². The Balaban J connectivity index is 1.90. The number of anilines is 1. The van der Waals surface area contributed by atoms with E-state index in [9.17, 15) is 9.59 Å². The Hall–Kier alpha value is -3.99. The van der Waals surface area contributed by atoms with Gasteiger partial charge >= 0.3 is 0 Å². The summed E-state index contributed by atoms with van der Waals surface area (Å²) >= 11 is 0. The van der Waals surface area contributed by atoms with Crippen LogP contribution < -0.4 is 10.9 Å². The predicted molar refractivity (Wildman–Crippen MR) is 124 cm³/mol. The van der Waals surface area contributed by atoms with Crippen LogP contribution in [-0.4, -0.2) is 16.1 Å². The number of hydrogen-bond acceptors (Lipinski definition) is 3. The minimum Gasteiger partial charge on any atom is -0.322 e. The first-order chi connectivity index (χ1) is 15.1. The van der Waals surface area contributed by atoms with Crippen molar-refractivity contribution in [2.45, 2.75) is 19.8 Å². The van der Waals surface area contributed by atoms with Gasteiger partial charge in [-0.1, -0.05) is 92.7 Å². The standard InChI is InChI=1S/C26H23N3O2/c1-17(2)20-15-9-10-16-21(20)27-25(30)23-22(18-11-5-3-6-12-18)24(28-29-26(23)31)19-13-7-4-8-14-19/h3-17H,1-2H3,(H,27,30)(H,29,31). The van der Waals surface area contributed by atoms with Crippen LogP contribution in [0.15, 0.2) is 89.7 Å². The maximum Gasteiger partial charge on any atom is 0.277 e. The number of H-pyrrole nitrogens is 1. The van der Waals surface area contributed by atoms with Crippen LogP contribution in [0.5, 0.6) is 0 Å². The Bertz CT molecular complexity index is 1260. The number of nitrogens with one attached hydrogen (secondary N) is 2. The molecule has 5 heteroatoms. The summed E-state index contributed by atoms with van der Waals surface area (Å²) in [6.45, 7) is 4.13. The predicted octanol–water partition coefficient (Wildman–Crippen LogP) is 5.48. The van der Waals surface area contributed by atoms with Gasteiger partial charge in [0.2, 0.25) is 0 Å². The molecule has 4 aromatic rings. The summed E-state index contributed by atoms with van der Waals surface area (Å²) in [6.07, 6.45) is 0. The minimum absolute atomic E-state index is 0.0404. The third-order valence-electron chi connectivity index (χ3n) is 5.15. The topological polar surface area (TPSA) is 74.8 Å². The third-order valence-corrected chi connectivity index (χ3v) is 5.15. The number of aromatic nitrogens is 2. The van der Waals surface area contributed by atoms with E-state index in [0.29, 0.717) is 16.9 Å². The van der Waals surface area contributed by atoms with E-state index in [1.807, 2.05) is 84.9 Å². The van der Waals surface area contributed by atoms with E-state index in [2.05, 4.69) is 29.4 Å². The van der Waals surface area contributed by atoms with Gasteiger partial charge in [-0.15, -0.1) is 0 Å². The van der Waals surface area contributed by atoms with E-state index in [0.717, 1.165) is 16.7 Å². The zero-order valence-corrected chi connectivity index (χ0v) is 17.4. The number of amides is 1. The molecule has 0 saturated heterocycles. The van der Waals surface area contributed by atoms with Crippen molar-refractivity contribution in [2.75, 3.05) is 5.32 Å². The first kappa shape index (κ1) is 20.3. The van der Waals surface area contributed by atoms with Gasteiger partial charge in [0, 0.05) is 16.8 Å². The lowest BCUT2D eigenvalue weighted by molar-refractivity contribution is 0.102. The molecule has 1 amide bonds. The van der Waals surface area contributed by atoms with Crippen molar-refractivity contribution in [3.8, 4) is 22.4 Å². The maximum atomic E-state index is 13.4. The van der Waals surface area contributed by atoms with E-state index >= 15 is 0 Å². The number of hydrogen-bond donors (Lipinski definition) is 2. The largest absolute Gasteiger partial charge is 0.322 e. The van der Waals surface area contributed by atoms with Crippen LogP contribution in [0.25, 0.3) is 22.4 Å². The maximum absolute atomic E-state index is 13.4. The highest BCUT2D eigenvalue weighted by molar-refractivity contribution is 6.10. The van der Waals surface area contributed by atoms with E-state index in [4.69, 9.17) is 0 Å². The van der Waals surface area contributed by atoms with Crippen LogP contribution in [0.1, 0.15) is 35.7 Å². The van der Waals surface area contributed by atoms with Gasteiger partial charge in [0.15, 0.2) is 0 Å². The minimum atomic E-state index is -0.530. The van der Waals surface area contributed by atoms with Crippen molar-refractivity contribution < 1.29 is 4.79 Å². The summed E-state index contributed by atoms with van der Waals surface area (Å²) < 4.78 is 0. The molecule has 2 N–H and O–H groups in total. The Labute approximate surface area is 180 Å². The number of para-hydroxylation sites is 1. The van der Waals surface area contributed by atoms with Crippen LogP contribution >= 0.6 is 0 Å². The highest BCUT2D eigenvalue weighted by atomic mass is 16.2. The number of nitrogens with zero attached hydrogens (tertiary/aromatic N) is 1. The lowest BCUT2D eigenvalue weighted by atomic mass is 9.95. The number of rotatable bonds is 5. The molecule has 0 atom stereocenters. The zero-order chi connectivity index (χ0) is 21.8. The molecular weight excluding hydrogens is 386 g/mol. The second-order valence-corrected chi connectivity index (χ2v) is 7.58. The highest BCUT2D eigenvalue weighted by Gasteiger charge is 2.23. The van der Waals surface area contributed by atoms with Gasteiger partial charge in [0.05, 0.1) is 5.69 Å². The molecule has 0 radical (unpaired) electrons. The van der Waals surface area contributed by atoms with Gasteiger partial charge in [-0.25, -0.2) is 5.10 Å². The lowest BCUT2D eigenvalue weighted by Gasteiger charge is -2.16.